The number of hydrogen-bond donors (Lipinski definition) is 1. The SMILES string of the molecule is ClP1NCCCO1. The third-order valence-electron chi connectivity index (χ3n) is 0.762. The van der Waals surface area contributed by atoms with Crippen LogP contribution >= 0.6 is 18.9 Å². The molecular formula is C3H7ClNOP. The Bertz CT molecular complexity index is 56.9. The van der Waals surface area contributed by atoms with Crippen LogP contribution in [0.5, 0.6) is 0 Å². The summed E-state index contributed by atoms with van der Waals surface area (Å²) < 4.78 is 5.00. The van der Waals surface area contributed by atoms with Crippen LogP contribution in [0.4, 0.5) is 0 Å². The quantitative estimate of drug-likeness (QED) is 0.513. The van der Waals surface area contributed by atoms with E-state index < -0.39 is 7.65 Å². The largest absolute Gasteiger partial charge is 0.332 e. The minimum absolute atomic E-state index is 0.769. The van der Waals surface area contributed by atoms with Crippen molar-refractivity contribution in [3.05, 3.63) is 0 Å². The Balaban J connectivity index is 2.12. The van der Waals surface area contributed by atoms with Gasteiger partial charge in [0.05, 0.1) is 6.61 Å². The average Bonchev–Trinajstić information content (AvgIpc) is 1.69. The third kappa shape index (κ3) is 1.92. The summed E-state index contributed by atoms with van der Waals surface area (Å²) in [7, 11) is -0.769. The highest BCUT2D eigenvalue weighted by Crippen LogP contribution is 2.39. The first-order chi connectivity index (χ1) is 3.39. The predicted octanol–water partition coefficient (Wildman–Crippen LogP) is 1.46. The predicted molar refractivity (Wildman–Crippen MR) is 31.3 cm³/mol. The smallest absolute Gasteiger partial charge is 0.203 e. The van der Waals surface area contributed by atoms with E-state index in [4.69, 9.17) is 15.8 Å². The first kappa shape index (κ1) is 5.77. The molecule has 1 fully saturated rings. The second kappa shape index (κ2) is 2.83. The molecular weight excluding hydrogens is 132 g/mol. The molecule has 0 bridgehead atoms. The van der Waals surface area contributed by atoms with Crippen molar-refractivity contribution in [2.75, 3.05) is 13.2 Å². The molecule has 0 aromatic rings. The van der Waals surface area contributed by atoms with Gasteiger partial charge in [0, 0.05) is 6.54 Å². The fourth-order valence-corrected chi connectivity index (χ4v) is 1.60. The average molecular weight is 140 g/mol. The van der Waals surface area contributed by atoms with Crippen LogP contribution in [0, 0.1) is 0 Å². The second-order valence-electron chi connectivity index (χ2n) is 1.34. The van der Waals surface area contributed by atoms with Crippen molar-refractivity contribution >= 4 is 18.9 Å². The van der Waals surface area contributed by atoms with Gasteiger partial charge in [-0.05, 0) is 17.7 Å². The van der Waals surface area contributed by atoms with E-state index in [2.05, 4.69) is 5.09 Å². The zero-order valence-corrected chi connectivity index (χ0v) is 5.51. The van der Waals surface area contributed by atoms with Crippen LogP contribution in [0.25, 0.3) is 0 Å². The van der Waals surface area contributed by atoms with Gasteiger partial charge in [-0.3, -0.25) is 5.09 Å². The molecule has 1 rings (SSSR count). The van der Waals surface area contributed by atoms with Gasteiger partial charge in [-0.2, -0.15) is 0 Å². The van der Waals surface area contributed by atoms with Crippen molar-refractivity contribution in [2.24, 2.45) is 0 Å². The van der Waals surface area contributed by atoms with Crippen molar-refractivity contribution < 1.29 is 4.52 Å². The number of nitrogens with one attached hydrogen (secondary N) is 1. The first-order valence-corrected chi connectivity index (χ1v) is 4.38. The Kier molecular flexibility index (Phi) is 2.33. The van der Waals surface area contributed by atoms with Crippen molar-refractivity contribution in [1.82, 2.24) is 5.09 Å². The van der Waals surface area contributed by atoms with Crippen molar-refractivity contribution in [1.29, 1.82) is 0 Å². The standard InChI is InChI=1S/C3H7ClNOP/c4-7-5-2-1-3-6-7/h5H,1-3H2. The van der Waals surface area contributed by atoms with Gasteiger partial charge in [0.25, 0.3) is 0 Å². The summed E-state index contributed by atoms with van der Waals surface area (Å²) in [6.07, 6.45) is 1.09. The van der Waals surface area contributed by atoms with Gasteiger partial charge in [-0.25, -0.2) is 0 Å². The lowest BCUT2D eigenvalue weighted by Gasteiger charge is -2.16. The summed E-state index contributed by atoms with van der Waals surface area (Å²) in [6, 6.07) is 0. The Morgan fingerprint density at radius 1 is 1.71 bits per heavy atom. The third-order valence-corrected chi connectivity index (χ3v) is 2.29. The highest BCUT2D eigenvalue weighted by atomic mass is 35.7. The minimum Gasteiger partial charge on any atom is -0.332 e. The molecule has 1 atom stereocenters. The normalized spacial score (nSPS) is 33.0. The summed E-state index contributed by atoms with van der Waals surface area (Å²) in [5.74, 6) is 0. The van der Waals surface area contributed by atoms with Crippen LogP contribution in [0.2, 0.25) is 0 Å². The molecule has 1 aliphatic rings. The maximum absolute atomic E-state index is 5.55. The molecule has 7 heavy (non-hydrogen) atoms. The minimum atomic E-state index is -0.769. The molecule has 0 aromatic heterocycles. The van der Waals surface area contributed by atoms with E-state index >= 15 is 0 Å². The van der Waals surface area contributed by atoms with Gasteiger partial charge < -0.3 is 4.52 Å². The zero-order chi connectivity index (χ0) is 5.11. The lowest BCUT2D eigenvalue weighted by Crippen LogP contribution is -2.15. The molecule has 0 aliphatic carbocycles. The van der Waals surface area contributed by atoms with Crippen molar-refractivity contribution in [3.8, 4) is 0 Å². The Morgan fingerprint density at radius 3 is 2.86 bits per heavy atom. The molecule has 42 valence electrons. The van der Waals surface area contributed by atoms with Gasteiger partial charge in [-0.15, -0.1) is 0 Å². The lowest BCUT2D eigenvalue weighted by atomic mass is 10.5. The van der Waals surface area contributed by atoms with Crippen LogP contribution in [-0.4, -0.2) is 13.2 Å². The van der Waals surface area contributed by atoms with E-state index in [9.17, 15) is 0 Å². The van der Waals surface area contributed by atoms with E-state index in [1.807, 2.05) is 0 Å². The molecule has 4 heteroatoms. The maximum atomic E-state index is 5.55. The summed E-state index contributed by atoms with van der Waals surface area (Å²) in [5, 5.41) is 2.99. The number of halogens is 1. The van der Waals surface area contributed by atoms with E-state index in [0.29, 0.717) is 0 Å². The van der Waals surface area contributed by atoms with Gasteiger partial charge in [-0.1, -0.05) is 0 Å². The summed E-state index contributed by atoms with van der Waals surface area (Å²) in [5.41, 5.74) is 0. The van der Waals surface area contributed by atoms with Gasteiger partial charge >= 0.3 is 0 Å². The fraction of sp³-hybridized carbons (Fsp3) is 1.00. The summed E-state index contributed by atoms with van der Waals surface area (Å²) in [6.45, 7) is 1.83. The molecule has 1 unspecified atom stereocenters. The zero-order valence-electron chi connectivity index (χ0n) is 3.85. The Hall–Kier alpha value is 0.640. The highest BCUT2D eigenvalue weighted by molar-refractivity contribution is 7.78. The molecule has 1 heterocycles. The molecule has 1 aliphatic heterocycles. The van der Waals surface area contributed by atoms with Crippen molar-refractivity contribution in [2.45, 2.75) is 6.42 Å². The molecule has 0 amide bonds. The van der Waals surface area contributed by atoms with Crippen LogP contribution in [0.1, 0.15) is 6.42 Å². The Labute approximate surface area is 48.9 Å². The molecule has 1 N–H and O–H groups in total. The molecule has 0 aromatic carbocycles. The van der Waals surface area contributed by atoms with E-state index in [1.54, 1.807) is 0 Å². The fourth-order valence-electron chi connectivity index (χ4n) is 0.429. The lowest BCUT2D eigenvalue weighted by molar-refractivity contribution is 0.325. The molecule has 2 nitrogen and oxygen atoms in total. The molecule has 0 spiro atoms. The van der Waals surface area contributed by atoms with Gasteiger partial charge in [0.2, 0.25) is 7.65 Å². The van der Waals surface area contributed by atoms with Crippen LogP contribution in [0.15, 0.2) is 0 Å². The second-order valence-corrected chi connectivity index (χ2v) is 3.32. The number of hydrogen-bond acceptors (Lipinski definition) is 2. The van der Waals surface area contributed by atoms with Crippen LogP contribution < -0.4 is 5.09 Å². The van der Waals surface area contributed by atoms with E-state index in [0.717, 1.165) is 19.6 Å². The maximum Gasteiger partial charge on any atom is 0.203 e. The van der Waals surface area contributed by atoms with E-state index in [1.165, 1.54) is 0 Å². The topological polar surface area (TPSA) is 21.3 Å². The van der Waals surface area contributed by atoms with E-state index in [-0.39, 0.29) is 0 Å². The van der Waals surface area contributed by atoms with Gasteiger partial charge in [0.15, 0.2) is 0 Å². The number of rotatable bonds is 0. The molecule has 0 saturated carbocycles. The van der Waals surface area contributed by atoms with Crippen molar-refractivity contribution in [3.63, 3.8) is 0 Å². The first-order valence-electron chi connectivity index (χ1n) is 2.22. The Morgan fingerprint density at radius 2 is 2.57 bits per heavy atom. The molecule has 0 radical (unpaired) electrons. The monoisotopic (exact) mass is 139 g/mol. The van der Waals surface area contributed by atoms with Crippen LogP contribution in [0.3, 0.4) is 0 Å². The van der Waals surface area contributed by atoms with Crippen LogP contribution in [-0.2, 0) is 4.52 Å². The highest BCUT2D eigenvalue weighted by Gasteiger charge is 2.07. The molecule has 1 saturated heterocycles. The summed E-state index contributed by atoms with van der Waals surface area (Å²) >= 11 is 5.55. The van der Waals surface area contributed by atoms with Gasteiger partial charge in [0.1, 0.15) is 0 Å². The summed E-state index contributed by atoms with van der Waals surface area (Å²) in [4.78, 5) is 0.